The molecule has 17 heavy (non-hydrogen) atoms. The third kappa shape index (κ3) is 2.13. The van der Waals surface area contributed by atoms with Crippen LogP contribution in [0.15, 0.2) is 30.8 Å². The van der Waals surface area contributed by atoms with Gasteiger partial charge in [0.2, 0.25) is 0 Å². The molecule has 0 heterocycles. The molecule has 1 aromatic rings. The molecule has 0 saturated carbocycles. The Labute approximate surface area is 100 Å². The van der Waals surface area contributed by atoms with E-state index < -0.39 is 5.92 Å². The van der Waals surface area contributed by atoms with Crippen LogP contribution in [-0.2, 0) is 20.7 Å². The number of ether oxygens (including phenoxy) is 1. The van der Waals surface area contributed by atoms with Crippen LogP contribution >= 0.6 is 0 Å². The number of carbonyl (C=O) groups is 2. The highest BCUT2D eigenvalue weighted by atomic mass is 16.5. The summed E-state index contributed by atoms with van der Waals surface area (Å²) in [5.41, 5.74) is 2.33. The Morgan fingerprint density at radius 3 is 2.76 bits per heavy atom. The van der Waals surface area contributed by atoms with Crippen molar-refractivity contribution in [3.05, 3.63) is 42.0 Å². The van der Waals surface area contributed by atoms with E-state index in [0.29, 0.717) is 12.0 Å². The largest absolute Gasteiger partial charge is 0.469 e. The van der Waals surface area contributed by atoms with E-state index in [2.05, 4.69) is 6.58 Å². The molecule has 0 spiro atoms. The normalized spacial score (nSPS) is 19.5. The molecule has 0 aliphatic heterocycles. The fourth-order valence-corrected chi connectivity index (χ4v) is 2.16. The molecule has 88 valence electrons. The fraction of sp³-hybridized carbons (Fsp3) is 0.286. The van der Waals surface area contributed by atoms with Gasteiger partial charge in [0.25, 0.3) is 0 Å². The molecule has 1 atom stereocenters. The number of Topliss-reactive ketones (excluding diaryl/α,β-unsaturated/α-hetero) is 1. The minimum atomic E-state index is -0.395. The fourth-order valence-electron chi connectivity index (χ4n) is 2.16. The summed E-state index contributed by atoms with van der Waals surface area (Å²) in [6.07, 6.45) is 0.716. The van der Waals surface area contributed by atoms with E-state index in [9.17, 15) is 9.59 Å². The van der Waals surface area contributed by atoms with Crippen LogP contribution in [0.3, 0.4) is 0 Å². The van der Waals surface area contributed by atoms with Crippen molar-refractivity contribution in [3.8, 4) is 0 Å². The number of ketones is 1. The number of esters is 1. The number of allylic oxidation sites excluding steroid dienone is 1. The smallest absolute Gasteiger partial charge is 0.309 e. The van der Waals surface area contributed by atoms with Crippen molar-refractivity contribution < 1.29 is 14.3 Å². The van der Waals surface area contributed by atoms with Crippen molar-refractivity contribution in [1.82, 2.24) is 0 Å². The van der Waals surface area contributed by atoms with Crippen LogP contribution in [0.2, 0.25) is 0 Å². The summed E-state index contributed by atoms with van der Waals surface area (Å²) in [6, 6.07) is 7.57. The van der Waals surface area contributed by atoms with Gasteiger partial charge in [-0.1, -0.05) is 30.8 Å². The maximum absolute atomic E-state index is 11.9. The summed E-state index contributed by atoms with van der Waals surface area (Å²) in [5.74, 6) is -0.805. The first kappa shape index (κ1) is 11.6. The minimum Gasteiger partial charge on any atom is -0.469 e. The van der Waals surface area contributed by atoms with Gasteiger partial charge in [0.1, 0.15) is 0 Å². The maximum Gasteiger partial charge on any atom is 0.309 e. The summed E-state index contributed by atoms with van der Waals surface area (Å²) in [6.45, 7) is 3.81. The van der Waals surface area contributed by atoms with E-state index in [0.717, 1.165) is 11.1 Å². The van der Waals surface area contributed by atoms with Crippen LogP contribution in [0.1, 0.15) is 17.5 Å². The number of hydrogen-bond acceptors (Lipinski definition) is 3. The standard InChI is InChI=1S/C14H14O3/c1-9-12-6-4-3-5-10(12)7-11(8-13(9)15)14(16)17-2/h3-6,11H,1,7-8H2,2H3. The quantitative estimate of drug-likeness (QED) is 0.421. The minimum absolute atomic E-state index is 0.0784. The lowest BCUT2D eigenvalue weighted by Gasteiger charge is -2.10. The van der Waals surface area contributed by atoms with Crippen molar-refractivity contribution in [2.45, 2.75) is 12.8 Å². The van der Waals surface area contributed by atoms with E-state index in [4.69, 9.17) is 4.74 Å². The van der Waals surface area contributed by atoms with E-state index in [1.165, 1.54) is 7.11 Å². The van der Waals surface area contributed by atoms with Gasteiger partial charge in [-0.2, -0.15) is 0 Å². The van der Waals surface area contributed by atoms with E-state index >= 15 is 0 Å². The molecule has 0 aromatic heterocycles. The summed E-state index contributed by atoms with van der Waals surface area (Å²) >= 11 is 0. The molecule has 0 amide bonds. The van der Waals surface area contributed by atoms with Crippen LogP contribution in [0, 0.1) is 5.92 Å². The molecule has 2 rings (SSSR count). The summed E-state index contributed by atoms with van der Waals surface area (Å²) in [5, 5.41) is 0. The van der Waals surface area contributed by atoms with E-state index in [1.807, 2.05) is 24.3 Å². The maximum atomic E-state index is 11.9. The van der Waals surface area contributed by atoms with Gasteiger partial charge in [0, 0.05) is 12.0 Å². The van der Waals surface area contributed by atoms with Gasteiger partial charge in [-0.3, -0.25) is 9.59 Å². The predicted molar refractivity (Wildman–Crippen MR) is 64.3 cm³/mol. The highest BCUT2D eigenvalue weighted by Gasteiger charge is 2.29. The Morgan fingerprint density at radius 2 is 2.06 bits per heavy atom. The number of hydrogen-bond donors (Lipinski definition) is 0. The number of fused-ring (bicyclic) bond motifs is 1. The Balaban J connectivity index is 2.42. The van der Waals surface area contributed by atoms with Crippen molar-refractivity contribution in [2.75, 3.05) is 7.11 Å². The Hall–Kier alpha value is -1.90. The first-order chi connectivity index (χ1) is 8.13. The molecule has 0 N–H and O–H groups in total. The average molecular weight is 230 g/mol. The third-order valence-corrected chi connectivity index (χ3v) is 3.11. The van der Waals surface area contributed by atoms with E-state index in [-0.39, 0.29) is 18.2 Å². The SMILES string of the molecule is C=C1C(=O)CC(C(=O)OC)Cc2ccccc21. The number of rotatable bonds is 1. The van der Waals surface area contributed by atoms with Crippen LogP contribution in [0.25, 0.3) is 5.57 Å². The Bertz CT molecular complexity index is 488. The summed E-state index contributed by atoms with van der Waals surface area (Å²) in [4.78, 5) is 23.5. The number of carbonyl (C=O) groups excluding carboxylic acids is 2. The van der Waals surface area contributed by atoms with Crippen LogP contribution < -0.4 is 0 Å². The molecule has 0 bridgehead atoms. The summed E-state index contributed by atoms with van der Waals surface area (Å²) in [7, 11) is 1.35. The second-order valence-corrected chi connectivity index (χ2v) is 4.19. The first-order valence-electron chi connectivity index (χ1n) is 5.51. The first-order valence-corrected chi connectivity index (χ1v) is 5.51. The molecule has 1 unspecified atom stereocenters. The van der Waals surface area contributed by atoms with Gasteiger partial charge in [-0.05, 0) is 17.5 Å². The third-order valence-electron chi connectivity index (χ3n) is 3.11. The van der Waals surface area contributed by atoms with Crippen molar-refractivity contribution in [1.29, 1.82) is 0 Å². The van der Waals surface area contributed by atoms with Gasteiger partial charge in [0.05, 0.1) is 13.0 Å². The highest BCUT2D eigenvalue weighted by molar-refractivity contribution is 6.21. The average Bonchev–Trinajstić information content (AvgIpc) is 2.48. The summed E-state index contributed by atoms with van der Waals surface area (Å²) < 4.78 is 4.72. The lowest BCUT2D eigenvalue weighted by Crippen LogP contribution is -2.20. The zero-order chi connectivity index (χ0) is 12.4. The molecule has 3 heteroatoms. The molecule has 0 fully saturated rings. The van der Waals surface area contributed by atoms with Gasteiger partial charge in [-0.25, -0.2) is 0 Å². The predicted octanol–water partition coefficient (Wildman–Crippen LogP) is 2.00. The molecule has 0 radical (unpaired) electrons. The Kier molecular flexibility index (Phi) is 3.09. The monoisotopic (exact) mass is 230 g/mol. The second-order valence-electron chi connectivity index (χ2n) is 4.19. The zero-order valence-electron chi connectivity index (χ0n) is 9.73. The number of methoxy groups -OCH3 is 1. The van der Waals surface area contributed by atoms with Crippen molar-refractivity contribution >= 4 is 17.3 Å². The van der Waals surface area contributed by atoms with E-state index in [1.54, 1.807) is 0 Å². The molecule has 1 aromatic carbocycles. The highest BCUT2D eigenvalue weighted by Crippen LogP contribution is 2.29. The molecular weight excluding hydrogens is 216 g/mol. The molecule has 0 saturated heterocycles. The van der Waals surface area contributed by atoms with Gasteiger partial charge in [0.15, 0.2) is 5.78 Å². The lowest BCUT2D eigenvalue weighted by molar-refractivity contribution is -0.146. The molecule has 3 nitrogen and oxygen atoms in total. The zero-order valence-corrected chi connectivity index (χ0v) is 9.73. The van der Waals surface area contributed by atoms with Crippen molar-refractivity contribution in [2.24, 2.45) is 5.92 Å². The Morgan fingerprint density at radius 1 is 1.35 bits per heavy atom. The number of benzene rings is 1. The molecule has 1 aliphatic carbocycles. The topological polar surface area (TPSA) is 43.4 Å². The second kappa shape index (κ2) is 4.53. The van der Waals surface area contributed by atoms with Crippen LogP contribution in [-0.4, -0.2) is 18.9 Å². The van der Waals surface area contributed by atoms with Crippen LogP contribution in [0.4, 0.5) is 0 Å². The van der Waals surface area contributed by atoms with Gasteiger partial charge in [-0.15, -0.1) is 0 Å². The molecule has 1 aliphatic rings. The molecular formula is C14H14O3. The van der Waals surface area contributed by atoms with Gasteiger partial charge < -0.3 is 4.74 Å². The van der Waals surface area contributed by atoms with Crippen LogP contribution in [0.5, 0.6) is 0 Å². The van der Waals surface area contributed by atoms with Crippen molar-refractivity contribution in [3.63, 3.8) is 0 Å². The lowest BCUT2D eigenvalue weighted by atomic mass is 9.97. The van der Waals surface area contributed by atoms with Gasteiger partial charge >= 0.3 is 5.97 Å².